The molecule has 0 fully saturated rings. The van der Waals surface area contributed by atoms with Crippen LogP contribution < -0.4 is 5.32 Å². The second-order valence-electron chi connectivity index (χ2n) is 3.50. The average Bonchev–Trinajstić information content (AvgIpc) is 2.38. The second-order valence-corrected chi connectivity index (χ2v) is 3.91. The number of nitrogens with one attached hydrogen (secondary N) is 1. The Hall–Kier alpha value is -1.91. The molecule has 0 heterocycles. The van der Waals surface area contributed by atoms with Crippen molar-refractivity contribution in [2.45, 2.75) is 0 Å². The Kier molecular flexibility index (Phi) is 4.07. The summed E-state index contributed by atoms with van der Waals surface area (Å²) in [4.78, 5) is 0. The Morgan fingerprint density at radius 1 is 0.941 bits per heavy atom. The number of rotatable bonds is 2. The predicted molar refractivity (Wildman–Crippen MR) is 73.3 cm³/mol. The van der Waals surface area contributed by atoms with Crippen LogP contribution in [0.5, 0.6) is 0 Å². The molecule has 0 aromatic heterocycles. The van der Waals surface area contributed by atoms with Crippen molar-refractivity contribution >= 4 is 17.3 Å². The zero-order chi connectivity index (χ0) is 11.9. The van der Waals surface area contributed by atoms with Crippen LogP contribution in [0, 0.1) is 11.8 Å². The number of para-hydroxylation sites is 1. The summed E-state index contributed by atoms with van der Waals surface area (Å²) in [7, 11) is 0. The van der Waals surface area contributed by atoms with E-state index in [1.165, 1.54) is 0 Å². The zero-order valence-corrected chi connectivity index (χ0v) is 10.0. The van der Waals surface area contributed by atoms with Gasteiger partial charge in [0.05, 0.1) is 11.6 Å². The van der Waals surface area contributed by atoms with E-state index in [2.05, 4.69) is 17.2 Å². The molecule has 2 aromatic rings. The molecule has 17 heavy (non-hydrogen) atoms. The maximum atomic E-state index is 6.00. The van der Waals surface area contributed by atoms with Crippen molar-refractivity contribution in [2.75, 3.05) is 11.9 Å². The maximum Gasteiger partial charge on any atom is 0.0769 e. The highest BCUT2D eigenvalue weighted by molar-refractivity contribution is 6.31. The van der Waals surface area contributed by atoms with Crippen molar-refractivity contribution in [3.05, 3.63) is 65.2 Å². The lowest BCUT2D eigenvalue weighted by Gasteiger charge is -1.99. The third-order valence-electron chi connectivity index (χ3n) is 2.25. The lowest BCUT2D eigenvalue weighted by Crippen LogP contribution is -1.97. The minimum Gasteiger partial charge on any atom is -0.374 e. The fourth-order valence-electron chi connectivity index (χ4n) is 1.40. The first-order chi connectivity index (χ1) is 8.36. The Morgan fingerprint density at radius 2 is 1.65 bits per heavy atom. The highest BCUT2D eigenvalue weighted by Crippen LogP contribution is 2.12. The molecule has 2 heteroatoms. The van der Waals surface area contributed by atoms with Gasteiger partial charge in [0.25, 0.3) is 0 Å². The Morgan fingerprint density at radius 3 is 2.41 bits per heavy atom. The van der Waals surface area contributed by atoms with Gasteiger partial charge in [-0.15, -0.1) is 0 Å². The SMILES string of the molecule is Clc1ccccc1C#CCNc1ccccc1. The minimum atomic E-state index is 0.606. The monoisotopic (exact) mass is 241 g/mol. The van der Waals surface area contributed by atoms with Crippen molar-refractivity contribution in [2.24, 2.45) is 0 Å². The van der Waals surface area contributed by atoms with Crippen LogP contribution in [-0.4, -0.2) is 6.54 Å². The average molecular weight is 242 g/mol. The molecule has 0 unspecified atom stereocenters. The van der Waals surface area contributed by atoms with E-state index in [0.29, 0.717) is 11.6 Å². The molecule has 0 atom stereocenters. The van der Waals surface area contributed by atoms with Crippen LogP contribution in [-0.2, 0) is 0 Å². The number of benzene rings is 2. The molecule has 0 radical (unpaired) electrons. The smallest absolute Gasteiger partial charge is 0.0769 e. The Bertz CT molecular complexity index is 538. The van der Waals surface area contributed by atoms with E-state index < -0.39 is 0 Å². The van der Waals surface area contributed by atoms with E-state index in [4.69, 9.17) is 11.6 Å². The van der Waals surface area contributed by atoms with Crippen LogP contribution in [0.25, 0.3) is 0 Å². The van der Waals surface area contributed by atoms with Gasteiger partial charge < -0.3 is 5.32 Å². The summed E-state index contributed by atoms with van der Waals surface area (Å²) < 4.78 is 0. The van der Waals surface area contributed by atoms with Crippen LogP contribution in [0.1, 0.15) is 5.56 Å². The van der Waals surface area contributed by atoms with Crippen molar-refractivity contribution < 1.29 is 0 Å². The lowest BCUT2D eigenvalue weighted by atomic mass is 10.2. The van der Waals surface area contributed by atoms with E-state index in [-0.39, 0.29) is 0 Å². The molecule has 0 aliphatic carbocycles. The molecule has 1 nitrogen and oxygen atoms in total. The van der Waals surface area contributed by atoms with Gasteiger partial charge in [0, 0.05) is 11.3 Å². The van der Waals surface area contributed by atoms with E-state index in [0.717, 1.165) is 11.3 Å². The van der Waals surface area contributed by atoms with E-state index in [1.807, 2.05) is 54.6 Å². The molecule has 84 valence electrons. The first-order valence-corrected chi connectivity index (χ1v) is 5.76. The fourth-order valence-corrected chi connectivity index (χ4v) is 1.59. The van der Waals surface area contributed by atoms with Gasteiger partial charge in [-0.3, -0.25) is 0 Å². The quantitative estimate of drug-likeness (QED) is 0.789. The number of anilines is 1. The molecule has 0 aliphatic heterocycles. The standard InChI is InChI=1S/C15H12ClN/c16-15-11-5-4-7-13(15)8-6-12-17-14-9-2-1-3-10-14/h1-5,7,9-11,17H,12H2. The summed E-state index contributed by atoms with van der Waals surface area (Å²) in [5.41, 5.74) is 1.94. The third-order valence-corrected chi connectivity index (χ3v) is 2.58. The van der Waals surface area contributed by atoms with Crippen molar-refractivity contribution in [1.29, 1.82) is 0 Å². The van der Waals surface area contributed by atoms with Gasteiger partial charge in [-0.05, 0) is 24.3 Å². The molecule has 0 aliphatic rings. The van der Waals surface area contributed by atoms with Crippen LogP contribution in [0.3, 0.4) is 0 Å². The highest BCUT2D eigenvalue weighted by Gasteiger charge is 1.92. The normalized spacial score (nSPS) is 9.24. The summed E-state index contributed by atoms with van der Waals surface area (Å²) in [6.07, 6.45) is 0. The third kappa shape index (κ3) is 3.55. The molecule has 2 rings (SSSR count). The number of hydrogen-bond acceptors (Lipinski definition) is 1. The van der Waals surface area contributed by atoms with Crippen LogP contribution >= 0.6 is 11.6 Å². The van der Waals surface area contributed by atoms with Gasteiger partial charge in [-0.1, -0.05) is 53.8 Å². The fraction of sp³-hybridized carbons (Fsp3) is 0.0667. The topological polar surface area (TPSA) is 12.0 Å². The van der Waals surface area contributed by atoms with Crippen molar-refractivity contribution in [3.8, 4) is 11.8 Å². The molecule has 1 N–H and O–H groups in total. The Balaban J connectivity index is 1.94. The molecular formula is C15H12ClN. The number of hydrogen-bond donors (Lipinski definition) is 1. The van der Waals surface area contributed by atoms with Crippen LogP contribution in [0.2, 0.25) is 5.02 Å². The molecule has 0 amide bonds. The van der Waals surface area contributed by atoms with Crippen molar-refractivity contribution in [3.63, 3.8) is 0 Å². The first kappa shape index (κ1) is 11.6. The number of halogens is 1. The molecule has 0 saturated carbocycles. The van der Waals surface area contributed by atoms with Crippen molar-refractivity contribution in [1.82, 2.24) is 0 Å². The molecular weight excluding hydrogens is 230 g/mol. The first-order valence-electron chi connectivity index (χ1n) is 5.38. The van der Waals surface area contributed by atoms with Gasteiger partial charge in [0.2, 0.25) is 0 Å². The predicted octanol–water partition coefficient (Wildman–Crippen LogP) is 3.80. The van der Waals surface area contributed by atoms with Gasteiger partial charge in [-0.25, -0.2) is 0 Å². The molecule has 0 bridgehead atoms. The van der Waals surface area contributed by atoms with Gasteiger partial charge in [0.1, 0.15) is 0 Å². The van der Waals surface area contributed by atoms with E-state index >= 15 is 0 Å². The van der Waals surface area contributed by atoms with E-state index in [9.17, 15) is 0 Å². The minimum absolute atomic E-state index is 0.606. The molecule has 2 aromatic carbocycles. The highest BCUT2D eigenvalue weighted by atomic mass is 35.5. The largest absolute Gasteiger partial charge is 0.374 e. The summed E-state index contributed by atoms with van der Waals surface area (Å²) in [6, 6.07) is 17.6. The van der Waals surface area contributed by atoms with Gasteiger partial charge >= 0.3 is 0 Å². The second kappa shape index (κ2) is 5.98. The van der Waals surface area contributed by atoms with Crippen LogP contribution in [0.15, 0.2) is 54.6 Å². The van der Waals surface area contributed by atoms with Gasteiger partial charge in [-0.2, -0.15) is 0 Å². The molecule has 0 saturated heterocycles. The van der Waals surface area contributed by atoms with Crippen LogP contribution in [0.4, 0.5) is 5.69 Å². The summed E-state index contributed by atoms with van der Waals surface area (Å²) >= 11 is 6.00. The zero-order valence-electron chi connectivity index (χ0n) is 9.28. The summed E-state index contributed by atoms with van der Waals surface area (Å²) in [5.74, 6) is 6.08. The lowest BCUT2D eigenvalue weighted by molar-refractivity contribution is 1.38. The maximum absolute atomic E-state index is 6.00. The van der Waals surface area contributed by atoms with Gasteiger partial charge in [0.15, 0.2) is 0 Å². The molecule has 0 spiro atoms. The summed E-state index contributed by atoms with van der Waals surface area (Å²) in [5, 5.41) is 3.91. The summed E-state index contributed by atoms with van der Waals surface area (Å²) in [6.45, 7) is 0.606. The Labute approximate surface area is 106 Å². The van der Waals surface area contributed by atoms with E-state index in [1.54, 1.807) is 0 Å².